The number of hydrogen-bond acceptors (Lipinski definition) is 13. The molecule has 0 aromatic heterocycles. The molecular weight excluding hydrogens is 822 g/mol. The third kappa shape index (κ3) is 25.9. The van der Waals surface area contributed by atoms with Crippen LogP contribution < -0.4 is 0 Å². The van der Waals surface area contributed by atoms with Crippen LogP contribution in [0.25, 0.3) is 0 Å². The normalized spacial score (nSPS) is 20.3. The molecule has 0 aromatic carbocycles. The molecule has 0 aromatic rings. The standard InChI is InChI=1S/C42H50O16P2/c1-3-5-7-9-11-13-15-17-19-20-22-24-26-28-30-35(43)54-32-34(56-36(44)31-29-27-25-23-21-18-16-14-12-10-8-6-4-2)33-55-60(52,53)58-42-39(47)37(45)41(38(46)40(42)48)57-59(49,50)51/h1,34,37-42,45-48H,4,6,8,10,12,14,16,18,21,23,25,27,29,31-33H2,2H3,(H,52,53)(H2,49,50,51)/t34-,37+,38?,39?,40+,41?,42?/m1/s1. The summed E-state index contributed by atoms with van der Waals surface area (Å²) in [5.41, 5.74) is 0. The monoisotopic (exact) mass is 872 g/mol. The summed E-state index contributed by atoms with van der Waals surface area (Å²) in [4.78, 5) is 53.3. The van der Waals surface area contributed by atoms with E-state index in [1.54, 1.807) is 0 Å². The molecule has 0 spiro atoms. The van der Waals surface area contributed by atoms with Crippen LogP contribution in [0.3, 0.4) is 0 Å². The molecule has 7 N–H and O–H groups in total. The summed E-state index contributed by atoms with van der Waals surface area (Å²) in [7, 11) is -10.7. The third-order valence-corrected chi connectivity index (χ3v) is 9.66. The zero-order valence-corrected chi connectivity index (χ0v) is 34.9. The molecule has 0 heterocycles. The first kappa shape index (κ1) is 53.5. The van der Waals surface area contributed by atoms with Gasteiger partial charge in [0.05, 0.1) is 6.61 Å². The lowest BCUT2D eigenvalue weighted by atomic mass is 9.85. The Labute approximate surface area is 351 Å². The van der Waals surface area contributed by atoms with Gasteiger partial charge in [0.2, 0.25) is 0 Å². The van der Waals surface area contributed by atoms with E-state index in [-0.39, 0.29) is 6.42 Å². The maximum absolute atomic E-state index is 12.8. The Morgan fingerprint density at radius 3 is 1.42 bits per heavy atom. The average molecular weight is 873 g/mol. The summed E-state index contributed by atoms with van der Waals surface area (Å²) in [5, 5.41) is 41.2. The van der Waals surface area contributed by atoms with E-state index in [1.165, 1.54) is 44.9 Å². The van der Waals surface area contributed by atoms with E-state index in [9.17, 15) is 44.0 Å². The van der Waals surface area contributed by atoms with Crippen molar-refractivity contribution >= 4 is 27.6 Å². The average Bonchev–Trinajstić information content (AvgIpc) is 3.20. The Kier molecular flexibility index (Phi) is 28.0. The molecule has 1 fully saturated rings. The summed E-state index contributed by atoms with van der Waals surface area (Å²) in [6.07, 6.45) is 3.79. The van der Waals surface area contributed by atoms with E-state index in [0.29, 0.717) is 6.42 Å². The minimum absolute atomic E-state index is 0.0343. The number of aliphatic hydroxyl groups excluding tert-OH is 4. The van der Waals surface area contributed by atoms with Gasteiger partial charge in [-0.3, -0.25) is 18.4 Å². The summed E-state index contributed by atoms with van der Waals surface area (Å²) in [6, 6.07) is 0. The maximum atomic E-state index is 12.8. The van der Waals surface area contributed by atoms with Crippen molar-refractivity contribution in [2.75, 3.05) is 13.2 Å². The lowest BCUT2D eigenvalue weighted by Crippen LogP contribution is -2.64. The van der Waals surface area contributed by atoms with Gasteiger partial charge >= 0.3 is 27.6 Å². The van der Waals surface area contributed by atoms with Crippen LogP contribution in [0.15, 0.2) is 0 Å². The van der Waals surface area contributed by atoms with Crippen molar-refractivity contribution < 1.29 is 76.9 Å². The maximum Gasteiger partial charge on any atom is 0.472 e. The summed E-state index contributed by atoms with van der Waals surface area (Å²) in [6.45, 7) is 0.522. The minimum Gasteiger partial charge on any atom is -0.456 e. The van der Waals surface area contributed by atoms with E-state index >= 15 is 0 Å². The lowest BCUT2D eigenvalue weighted by molar-refractivity contribution is -0.216. The van der Waals surface area contributed by atoms with Gasteiger partial charge in [-0.15, -0.1) is 6.42 Å². The van der Waals surface area contributed by atoms with Gasteiger partial charge in [0.25, 0.3) is 0 Å². The highest BCUT2D eigenvalue weighted by Crippen LogP contribution is 2.48. The van der Waals surface area contributed by atoms with Crippen LogP contribution in [0.2, 0.25) is 0 Å². The first-order valence-corrected chi connectivity index (χ1v) is 22.1. The van der Waals surface area contributed by atoms with Gasteiger partial charge < -0.3 is 44.6 Å². The predicted molar refractivity (Wildman–Crippen MR) is 216 cm³/mol. The molecule has 60 heavy (non-hydrogen) atoms. The zero-order chi connectivity index (χ0) is 44.7. The number of carbonyl (C=O) groups is 2. The second kappa shape index (κ2) is 31.4. The number of terminal acetylenes is 1. The fraction of sp³-hybridized carbons (Fsp3) is 0.571. The number of ether oxygens (including phenoxy) is 2. The van der Waals surface area contributed by atoms with E-state index in [1.807, 2.05) is 0 Å². The molecule has 1 saturated carbocycles. The second-order valence-corrected chi connectivity index (χ2v) is 15.6. The van der Waals surface area contributed by atoms with Crippen LogP contribution in [-0.4, -0.2) is 103 Å². The summed E-state index contributed by atoms with van der Waals surface area (Å²) < 4.78 is 48.3. The number of phosphoric ester groups is 2. The third-order valence-electron chi connectivity index (χ3n) is 8.15. The largest absolute Gasteiger partial charge is 0.472 e. The van der Waals surface area contributed by atoms with Gasteiger partial charge in [-0.2, -0.15) is 0 Å². The molecule has 0 aliphatic heterocycles. The number of carbonyl (C=O) groups excluding carboxylic acids is 2. The highest BCUT2D eigenvalue weighted by molar-refractivity contribution is 7.47. The van der Waals surface area contributed by atoms with Crippen molar-refractivity contribution in [3.05, 3.63) is 0 Å². The highest BCUT2D eigenvalue weighted by atomic mass is 31.2. The van der Waals surface area contributed by atoms with Gasteiger partial charge in [-0.25, -0.2) is 13.9 Å². The fourth-order valence-electron chi connectivity index (χ4n) is 5.27. The molecule has 1 aliphatic rings. The van der Waals surface area contributed by atoms with E-state index < -0.39 is 83.5 Å². The molecule has 8 atom stereocenters. The van der Waals surface area contributed by atoms with Crippen molar-refractivity contribution in [3.63, 3.8) is 0 Å². The van der Waals surface area contributed by atoms with Crippen LogP contribution in [0.5, 0.6) is 0 Å². The second-order valence-electron chi connectivity index (χ2n) is 13.0. The fourth-order valence-corrected chi connectivity index (χ4v) is 6.80. The van der Waals surface area contributed by atoms with Gasteiger partial charge in [0.15, 0.2) is 6.10 Å². The molecule has 0 saturated heterocycles. The minimum atomic E-state index is -5.35. The molecule has 0 radical (unpaired) electrons. The predicted octanol–water partition coefficient (Wildman–Crippen LogP) is 2.02. The van der Waals surface area contributed by atoms with Crippen molar-refractivity contribution in [2.24, 2.45) is 0 Å². The van der Waals surface area contributed by atoms with Crippen LogP contribution in [0, 0.1) is 95.2 Å². The van der Waals surface area contributed by atoms with Crippen molar-refractivity contribution in [1.29, 1.82) is 0 Å². The van der Waals surface area contributed by atoms with Crippen LogP contribution in [-0.2, 0) is 41.8 Å². The quantitative estimate of drug-likeness (QED) is 0.0241. The molecule has 18 heteroatoms. The number of unbranched alkanes of at least 4 members (excludes halogenated alkanes) is 12. The number of rotatable bonds is 24. The Hall–Kier alpha value is -4.52. The van der Waals surface area contributed by atoms with Crippen LogP contribution in [0.1, 0.15) is 96.8 Å². The molecule has 1 aliphatic carbocycles. The summed E-state index contributed by atoms with van der Waals surface area (Å²) >= 11 is 0. The van der Waals surface area contributed by atoms with Crippen LogP contribution >= 0.6 is 15.6 Å². The Morgan fingerprint density at radius 2 is 0.983 bits per heavy atom. The topological polar surface area (TPSA) is 256 Å². The van der Waals surface area contributed by atoms with Gasteiger partial charge in [0.1, 0.15) is 43.2 Å². The van der Waals surface area contributed by atoms with E-state index in [2.05, 4.69) is 100 Å². The van der Waals surface area contributed by atoms with Gasteiger partial charge in [-0.05, 0) is 89.3 Å². The Balaban J connectivity index is 2.82. The smallest absolute Gasteiger partial charge is 0.456 e. The Morgan fingerprint density at radius 1 is 0.583 bits per heavy atom. The van der Waals surface area contributed by atoms with E-state index in [4.69, 9.17) is 34.7 Å². The van der Waals surface area contributed by atoms with E-state index in [0.717, 1.165) is 32.1 Å². The molecular formula is C42H50O16P2. The molecule has 324 valence electrons. The molecule has 1 rings (SSSR count). The first-order valence-electron chi connectivity index (χ1n) is 19.1. The number of phosphoric acid groups is 2. The molecule has 16 nitrogen and oxygen atoms in total. The SMILES string of the molecule is C#CC#CC#CC#CC#CC#CC#CC#CC(=O)OC[C@H](COP(=O)(O)OC1C(O)[C@H](O)C(OP(=O)(O)O)C(O)[C@@H]1O)OC(=O)CCCCCCCCCCCCCCC. The highest BCUT2D eigenvalue weighted by Gasteiger charge is 2.54. The molecule has 0 amide bonds. The van der Waals surface area contributed by atoms with Crippen molar-refractivity contribution in [2.45, 2.75) is 140 Å². The van der Waals surface area contributed by atoms with Crippen molar-refractivity contribution in [3.8, 4) is 95.2 Å². The zero-order valence-electron chi connectivity index (χ0n) is 33.1. The molecule has 0 bridgehead atoms. The van der Waals surface area contributed by atoms with Crippen LogP contribution in [0.4, 0.5) is 0 Å². The van der Waals surface area contributed by atoms with Gasteiger partial charge in [-0.1, -0.05) is 84.0 Å². The molecule has 5 unspecified atom stereocenters. The first-order chi connectivity index (χ1) is 28.6. The van der Waals surface area contributed by atoms with Gasteiger partial charge in [0, 0.05) is 12.3 Å². The number of esters is 2. The Bertz CT molecular complexity index is 1960. The number of hydrogen-bond donors (Lipinski definition) is 7. The lowest BCUT2D eigenvalue weighted by Gasteiger charge is -2.43. The number of aliphatic hydroxyl groups is 4. The van der Waals surface area contributed by atoms with Crippen molar-refractivity contribution in [1.82, 2.24) is 0 Å². The summed E-state index contributed by atoms with van der Waals surface area (Å²) in [5.74, 6) is 32.9.